The van der Waals surface area contributed by atoms with Gasteiger partial charge >= 0.3 is 6.18 Å². The molecule has 1 aliphatic heterocycles. The van der Waals surface area contributed by atoms with Crippen molar-refractivity contribution in [2.24, 2.45) is 0 Å². The van der Waals surface area contributed by atoms with Crippen LogP contribution in [0.2, 0.25) is 0 Å². The highest BCUT2D eigenvalue weighted by molar-refractivity contribution is 5.80. The molecule has 0 unspecified atom stereocenters. The van der Waals surface area contributed by atoms with Gasteiger partial charge in [-0.3, -0.25) is 14.2 Å². The highest BCUT2D eigenvalue weighted by atomic mass is 19.4. The predicted octanol–water partition coefficient (Wildman–Crippen LogP) is 5.09. The summed E-state index contributed by atoms with van der Waals surface area (Å²) in [4.78, 5) is 38.1. The number of halogens is 4. The van der Waals surface area contributed by atoms with E-state index in [4.69, 9.17) is 9.47 Å². The van der Waals surface area contributed by atoms with Crippen molar-refractivity contribution in [2.45, 2.75) is 51.2 Å². The van der Waals surface area contributed by atoms with Gasteiger partial charge in [-0.05, 0) is 74.9 Å². The van der Waals surface area contributed by atoms with Crippen LogP contribution >= 0.6 is 0 Å². The number of nitrogens with zero attached hydrogens (tertiary/aromatic N) is 5. The smallest absolute Gasteiger partial charge is 0.348 e. The lowest BCUT2D eigenvalue weighted by molar-refractivity contribution is -0.264. The summed E-state index contributed by atoms with van der Waals surface area (Å²) >= 11 is 0. The van der Waals surface area contributed by atoms with Crippen LogP contribution in [-0.2, 0) is 26.9 Å². The minimum absolute atomic E-state index is 0.0211. The van der Waals surface area contributed by atoms with E-state index in [-0.39, 0.29) is 35.6 Å². The topological polar surface area (TPSA) is 110 Å². The van der Waals surface area contributed by atoms with Crippen LogP contribution in [0.3, 0.4) is 0 Å². The molecule has 0 aliphatic carbocycles. The molecule has 228 valence electrons. The summed E-state index contributed by atoms with van der Waals surface area (Å²) in [6.45, 7) is 5.07. The summed E-state index contributed by atoms with van der Waals surface area (Å²) in [6, 6.07) is 12.1. The molecule has 1 fully saturated rings. The maximum Gasteiger partial charge on any atom is 0.419 e. The molecule has 44 heavy (non-hydrogen) atoms. The summed E-state index contributed by atoms with van der Waals surface area (Å²) in [5.74, 6) is -2.91. The van der Waals surface area contributed by atoms with E-state index in [0.29, 0.717) is 23.4 Å². The number of ether oxygens (including phenoxy) is 2. The normalized spacial score (nSPS) is 16.0. The minimum atomic E-state index is -4.95. The molecule has 1 amide bonds. The molecule has 0 saturated carbocycles. The average molecular weight is 610 g/mol. The molecule has 1 saturated heterocycles. The van der Waals surface area contributed by atoms with Crippen molar-refractivity contribution in [1.29, 1.82) is 5.26 Å². The van der Waals surface area contributed by atoms with Crippen molar-refractivity contribution in [3.8, 4) is 11.8 Å². The number of amides is 1. The largest absolute Gasteiger partial charge is 0.419 e. The van der Waals surface area contributed by atoms with Crippen LogP contribution in [0.25, 0.3) is 16.7 Å². The van der Waals surface area contributed by atoms with Gasteiger partial charge in [0.1, 0.15) is 11.6 Å². The van der Waals surface area contributed by atoms with E-state index in [2.05, 4.69) is 9.97 Å². The van der Waals surface area contributed by atoms with Gasteiger partial charge in [0.15, 0.2) is 11.4 Å². The molecule has 13 heteroatoms. The summed E-state index contributed by atoms with van der Waals surface area (Å²) in [5.41, 5.74) is -1.16. The van der Waals surface area contributed by atoms with Crippen LogP contribution in [0.15, 0.2) is 65.6 Å². The summed E-state index contributed by atoms with van der Waals surface area (Å²) in [5, 5.41) is 9.47. The first kappa shape index (κ1) is 30.8. The van der Waals surface area contributed by atoms with E-state index >= 15 is 0 Å². The van der Waals surface area contributed by atoms with Gasteiger partial charge in [0.05, 0.1) is 60.0 Å². The van der Waals surface area contributed by atoms with Gasteiger partial charge in [0, 0.05) is 6.20 Å². The third-order valence-corrected chi connectivity index (χ3v) is 7.33. The molecule has 3 heterocycles. The first-order valence-electron chi connectivity index (χ1n) is 13.6. The van der Waals surface area contributed by atoms with Gasteiger partial charge in [-0.2, -0.15) is 18.4 Å². The average Bonchev–Trinajstić information content (AvgIpc) is 2.98. The highest BCUT2D eigenvalue weighted by Crippen LogP contribution is 2.33. The zero-order valence-corrected chi connectivity index (χ0v) is 23.9. The number of fused-ring (bicyclic) bond motifs is 1. The van der Waals surface area contributed by atoms with E-state index in [1.54, 1.807) is 45.0 Å². The zero-order valence-electron chi connectivity index (χ0n) is 23.9. The summed E-state index contributed by atoms with van der Waals surface area (Å²) in [6.07, 6.45) is -4.00. The van der Waals surface area contributed by atoms with Crippen LogP contribution in [0.4, 0.5) is 17.6 Å². The molecule has 0 spiro atoms. The number of hydrogen-bond acceptors (Lipinski definition) is 7. The SMILES string of the molecule is C[C@H](c1nc2ncccc2c(=O)n1-c1ccc(C#N)cc1)N(C(=O)Cc1ccc(F)c(C(F)(F)F)c1)C1COC(C)(C)OC1. The maximum atomic E-state index is 14.0. The second kappa shape index (κ2) is 11.8. The molecule has 9 nitrogen and oxygen atoms in total. The number of hydrogen-bond donors (Lipinski definition) is 0. The molecule has 1 atom stereocenters. The second-order valence-corrected chi connectivity index (χ2v) is 10.8. The Balaban J connectivity index is 1.63. The fraction of sp³-hybridized carbons (Fsp3) is 0.323. The number of nitriles is 1. The number of pyridine rings is 1. The Labute approximate surface area is 249 Å². The number of aromatic nitrogens is 3. The van der Waals surface area contributed by atoms with Gasteiger partial charge in [0.25, 0.3) is 5.56 Å². The van der Waals surface area contributed by atoms with E-state index < -0.39 is 53.3 Å². The molecule has 2 aromatic heterocycles. The fourth-order valence-electron chi connectivity index (χ4n) is 5.12. The van der Waals surface area contributed by atoms with E-state index in [9.17, 15) is 32.4 Å². The van der Waals surface area contributed by atoms with Crippen molar-refractivity contribution in [3.05, 3.63) is 99.5 Å². The van der Waals surface area contributed by atoms with Gasteiger partial charge < -0.3 is 14.4 Å². The molecule has 0 radical (unpaired) electrons. The molecule has 0 bridgehead atoms. The lowest BCUT2D eigenvalue weighted by atomic mass is 10.0. The Morgan fingerprint density at radius 3 is 2.48 bits per heavy atom. The van der Waals surface area contributed by atoms with Crippen LogP contribution in [0.5, 0.6) is 0 Å². The Bertz CT molecular complexity index is 1810. The third kappa shape index (κ3) is 6.17. The van der Waals surface area contributed by atoms with Crippen LogP contribution < -0.4 is 5.56 Å². The van der Waals surface area contributed by atoms with Gasteiger partial charge in [-0.25, -0.2) is 14.4 Å². The number of rotatable bonds is 6. The number of carbonyl (C=O) groups is 1. The van der Waals surface area contributed by atoms with Gasteiger partial charge in [-0.15, -0.1) is 0 Å². The summed E-state index contributed by atoms with van der Waals surface area (Å²) in [7, 11) is 0. The predicted molar refractivity (Wildman–Crippen MR) is 150 cm³/mol. The van der Waals surface area contributed by atoms with Crippen LogP contribution in [0.1, 0.15) is 49.3 Å². The molecule has 5 rings (SSSR count). The Kier molecular flexibility index (Phi) is 8.24. The van der Waals surface area contributed by atoms with Crippen molar-refractivity contribution in [2.75, 3.05) is 13.2 Å². The quantitative estimate of drug-likeness (QED) is 0.280. The monoisotopic (exact) mass is 609 g/mol. The van der Waals surface area contributed by atoms with Crippen molar-refractivity contribution in [1.82, 2.24) is 19.4 Å². The fourth-order valence-corrected chi connectivity index (χ4v) is 5.12. The van der Waals surface area contributed by atoms with Crippen molar-refractivity contribution in [3.63, 3.8) is 0 Å². The molecular weight excluding hydrogens is 582 g/mol. The second-order valence-electron chi connectivity index (χ2n) is 10.8. The lowest BCUT2D eigenvalue weighted by Crippen LogP contribution is -2.54. The maximum absolute atomic E-state index is 14.0. The molecule has 2 aromatic carbocycles. The summed E-state index contributed by atoms with van der Waals surface area (Å²) < 4.78 is 67.2. The zero-order chi connectivity index (χ0) is 31.8. The molecule has 1 aliphatic rings. The van der Waals surface area contributed by atoms with Gasteiger partial charge in [0.2, 0.25) is 5.91 Å². The van der Waals surface area contributed by atoms with Crippen LogP contribution in [0, 0.1) is 17.1 Å². The van der Waals surface area contributed by atoms with Gasteiger partial charge in [-0.1, -0.05) is 6.07 Å². The van der Waals surface area contributed by atoms with E-state index in [1.807, 2.05) is 6.07 Å². The number of carbonyl (C=O) groups excluding carboxylic acids is 1. The lowest BCUT2D eigenvalue weighted by Gasteiger charge is -2.42. The highest BCUT2D eigenvalue weighted by Gasteiger charge is 2.39. The molecule has 0 N–H and O–H groups in total. The first-order chi connectivity index (χ1) is 20.8. The third-order valence-electron chi connectivity index (χ3n) is 7.33. The number of alkyl halides is 3. The van der Waals surface area contributed by atoms with Crippen molar-refractivity contribution >= 4 is 16.9 Å². The standard InChI is InChI=1S/C31H27F4N5O4/c1-18(28-38-27-23(5-4-12-37-27)29(42)40(28)21-9-6-19(15-36)7-10-21)39(22-16-43-30(2,3)44-17-22)26(41)14-20-8-11-25(32)24(13-20)31(33,34)35/h4-13,18,22H,14,16-17H2,1-3H3/t18-/m1/s1. The minimum Gasteiger partial charge on any atom is -0.348 e. The Hall–Kier alpha value is -4.67. The Morgan fingerprint density at radius 2 is 1.84 bits per heavy atom. The van der Waals surface area contributed by atoms with Crippen LogP contribution in [-0.4, -0.2) is 50.4 Å². The molecular formula is C31H27F4N5O4. The first-order valence-corrected chi connectivity index (χ1v) is 13.6. The Morgan fingerprint density at radius 1 is 1.16 bits per heavy atom. The van der Waals surface area contributed by atoms with Crippen molar-refractivity contribution < 1.29 is 31.8 Å². The van der Waals surface area contributed by atoms with E-state index in [0.717, 1.165) is 6.07 Å². The molecule has 4 aromatic rings. The van der Waals surface area contributed by atoms with E-state index in [1.165, 1.54) is 27.8 Å². The number of benzene rings is 2.